The second-order valence-corrected chi connectivity index (χ2v) is 9.89. The van der Waals surface area contributed by atoms with Gasteiger partial charge in [-0.05, 0) is 48.4 Å². The van der Waals surface area contributed by atoms with Crippen molar-refractivity contribution in [3.63, 3.8) is 0 Å². The van der Waals surface area contributed by atoms with Crippen LogP contribution >= 0.6 is 0 Å². The van der Waals surface area contributed by atoms with Crippen molar-refractivity contribution in [2.45, 2.75) is 44.2 Å². The van der Waals surface area contributed by atoms with Crippen molar-refractivity contribution >= 4 is 18.0 Å². The van der Waals surface area contributed by atoms with Crippen molar-refractivity contribution in [2.24, 2.45) is 5.41 Å². The van der Waals surface area contributed by atoms with Crippen LogP contribution in [0.5, 0.6) is 0 Å². The molecule has 1 aliphatic carbocycles. The van der Waals surface area contributed by atoms with Crippen LogP contribution in [-0.2, 0) is 19.1 Å². The Hall–Kier alpha value is -3.39. The summed E-state index contributed by atoms with van der Waals surface area (Å²) in [5, 5.41) is 12.4. The third-order valence-electron chi connectivity index (χ3n) is 7.51. The maximum Gasteiger partial charge on any atom is 0.407 e. The lowest BCUT2D eigenvalue weighted by atomic mass is 9.82. The van der Waals surface area contributed by atoms with Crippen LogP contribution < -0.4 is 5.32 Å². The van der Waals surface area contributed by atoms with Gasteiger partial charge in [-0.2, -0.15) is 0 Å². The van der Waals surface area contributed by atoms with E-state index in [1.165, 1.54) is 0 Å². The van der Waals surface area contributed by atoms with Gasteiger partial charge in [0.1, 0.15) is 6.61 Å². The van der Waals surface area contributed by atoms with Crippen LogP contribution in [0.4, 0.5) is 4.79 Å². The SMILES string of the molecule is CC1(C(=O)O)CCCN(C(=O)[C@H]2OCC[C@H]2NC(=O)OCC2c3ccccc3-c3ccccc32)C1. The van der Waals surface area contributed by atoms with Gasteiger partial charge in [0.25, 0.3) is 5.91 Å². The fourth-order valence-corrected chi connectivity index (χ4v) is 5.55. The van der Waals surface area contributed by atoms with E-state index in [0.29, 0.717) is 32.4 Å². The number of nitrogens with zero attached hydrogens (tertiary/aromatic N) is 1. The Balaban J connectivity index is 1.21. The predicted octanol–water partition coefficient (Wildman–Crippen LogP) is 3.40. The smallest absolute Gasteiger partial charge is 0.407 e. The van der Waals surface area contributed by atoms with Crippen LogP contribution in [0.25, 0.3) is 11.1 Å². The second-order valence-electron chi connectivity index (χ2n) is 9.89. The first-order chi connectivity index (χ1) is 16.9. The molecule has 2 aromatic carbocycles. The molecule has 3 aliphatic rings. The molecule has 2 N–H and O–H groups in total. The summed E-state index contributed by atoms with van der Waals surface area (Å²) in [5.41, 5.74) is 3.60. The molecule has 0 bridgehead atoms. The molecule has 2 fully saturated rings. The number of fused-ring (bicyclic) bond motifs is 3. The van der Waals surface area contributed by atoms with E-state index in [2.05, 4.69) is 29.6 Å². The maximum atomic E-state index is 13.2. The minimum absolute atomic E-state index is 0.0487. The van der Waals surface area contributed by atoms with Gasteiger partial charge in [0, 0.05) is 25.6 Å². The first-order valence-electron chi connectivity index (χ1n) is 12.1. The van der Waals surface area contributed by atoms with Crippen LogP contribution in [0.15, 0.2) is 48.5 Å². The first kappa shape index (κ1) is 23.4. The molecule has 2 saturated heterocycles. The Morgan fingerprint density at radius 2 is 1.77 bits per heavy atom. The molecule has 35 heavy (non-hydrogen) atoms. The van der Waals surface area contributed by atoms with Crippen LogP contribution in [0.3, 0.4) is 0 Å². The molecule has 8 heteroatoms. The largest absolute Gasteiger partial charge is 0.481 e. The molecule has 0 radical (unpaired) electrons. The van der Waals surface area contributed by atoms with Crippen LogP contribution in [0, 0.1) is 5.41 Å². The monoisotopic (exact) mass is 478 g/mol. The average Bonchev–Trinajstić information content (AvgIpc) is 3.44. The molecular weight excluding hydrogens is 448 g/mol. The van der Waals surface area contributed by atoms with E-state index >= 15 is 0 Å². The highest BCUT2D eigenvalue weighted by atomic mass is 16.6. The Labute approximate surface area is 204 Å². The lowest BCUT2D eigenvalue weighted by Crippen LogP contribution is -2.55. The molecular formula is C27H30N2O6. The van der Waals surface area contributed by atoms with E-state index in [0.717, 1.165) is 22.3 Å². The molecule has 5 rings (SSSR count). The number of carboxylic acids is 1. The highest BCUT2D eigenvalue weighted by Gasteiger charge is 2.44. The maximum absolute atomic E-state index is 13.2. The Morgan fingerprint density at radius 1 is 1.11 bits per heavy atom. The van der Waals surface area contributed by atoms with Gasteiger partial charge in [0.2, 0.25) is 0 Å². The van der Waals surface area contributed by atoms with Crippen molar-refractivity contribution in [3.8, 4) is 11.1 Å². The number of hydrogen-bond donors (Lipinski definition) is 2. The van der Waals surface area contributed by atoms with Crippen LogP contribution in [0.1, 0.15) is 43.2 Å². The molecule has 2 heterocycles. The third-order valence-corrected chi connectivity index (χ3v) is 7.51. The quantitative estimate of drug-likeness (QED) is 0.683. The number of nitrogens with one attached hydrogen (secondary N) is 1. The molecule has 2 aliphatic heterocycles. The molecule has 0 saturated carbocycles. The predicted molar refractivity (Wildman–Crippen MR) is 128 cm³/mol. The fourth-order valence-electron chi connectivity index (χ4n) is 5.55. The zero-order valence-corrected chi connectivity index (χ0v) is 19.7. The number of amides is 2. The zero-order chi connectivity index (χ0) is 24.6. The molecule has 184 valence electrons. The van der Waals surface area contributed by atoms with Gasteiger partial charge in [-0.25, -0.2) is 4.79 Å². The van der Waals surface area contributed by atoms with Gasteiger partial charge in [-0.1, -0.05) is 48.5 Å². The van der Waals surface area contributed by atoms with Crippen molar-refractivity contribution < 1.29 is 29.0 Å². The summed E-state index contributed by atoms with van der Waals surface area (Å²) in [7, 11) is 0. The molecule has 2 aromatic rings. The molecule has 2 amide bonds. The number of hydrogen-bond acceptors (Lipinski definition) is 5. The molecule has 3 atom stereocenters. The normalized spacial score (nSPS) is 25.6. The van der Waals surface area contributed by atoms with Gasteiger partial charge < -0.3 is 24.8 Å². The minimum atomic E-state index is -0.970. The first-order valence-corrected chi connectivity index (χ1v) is 12.1. The Kier molecular flexibility index (Phi) is 6.23. The summed E-state index contributed by atoms with van der Waals surface area (Å²) in [4.78, 5) is 39.1. The summed E-state index contributed by atoms with van der Waals surface area (Å²) < 4.78 is 11.3. The molecule has 0 aromatic heterocycles. The van der Waals surface area contributed by atoms with Crippen LogP contribution in [-0.4, -0.2) is 66.4 Å². The van der Waals surface area contributed by atoms with Crippen molar-refractivity contribution in [2.75, 3.05) is 26.3 Å². The van der Waals surface area contributed by atoms with E-state index in [-0.39, 0.29) is 25.0 Å². The number of rotatable bonds is 5. The van der Waals surface area contributed by atoms with E-state index in [1.54, 1.807) is 11.8 Å². The van der Waals surface area contributed by atoms with E-state index in [4.69, 9.17) is 9.47 Å². The van der Waals surface area contributed by atoms with Gasteiger partial charge >= 0.3 is 12.1 Å². The summed E-state index contributed by atoms with van der Waals surface area (Å²) in [6, 6.07) is 15.7. The Morgan fingerprint density at radius 3 is 2.43 bits per heavy atom. The van der Waals surface area contributed by atoms with Gasteiger partial charge in [0.05, 0.1) is 11.5 Å². The van der Waals surface area contributed by atoms with E-state index in [1.807, 2.05) is 24.3 Å². The number of piperidine rings is 1. The summed E-state index contributed by atoms with van der Waals surface area (Å²) in [6.45, 7) is 2.82. The highest BCUT2D eigenvalue weighted by molar-refractivity contribution is 5.84. The Bertz CT molecular complexity index is 1100. The van der Waals surface area contributed by atoms with Gasteiger partial charge in [-0.15, -0.1) is 0 Å². The number of likely N-dealkylation sites (tertiary alicyclic amines) is 1. The number of benzene rings is 2. The molecule has 8 nitrogen and oxygen atoms in total. The standard InChI is InChI=1S/C27H30N2O6/c1-27(25(31)32)12-6-13-29(16-27)24(30)23-22(11-14-34-23)28-26(33)35-15-21-19-9-4-2-7-17(19)18-8-3-5-10-20(18)21/h2-5,7-10,21-23H,6,11-16H2,1H3,(H,28,33)(H,31,32)/t22-,23+,27?/m1/s1. The minimum Gasteiger partial charge on any atom is -0.481 e. The topological polar surface area (TPSA) is 105 Å². The molecule has 1 unspecified atom stereocenters. The number of ether oxygens (including phenoxy) is 2. The zero-order valence-electron chi connectivity index (χ0n) is 19.7. The number of carbonyl (C=O) groups is 3. The molecule has 0 spiro atoms. The van der Waals surface area contributed by atoms with Gasteiger partial charge in [0.15, 0.2) is 6.10 Å². The number of carbonyl (C=O) groups excluding carboxylic acids is 2. The third kappa shape index (κ3) is 4.38. The van der Waals surface area contributed by atoms with Gasteiger partial charge in [-0.3, -0.25) is 9.59 Å². The van der Waals surface area contributed by atoms with E-state index in [9.17, 15) is 19.5 Å². The lowest BCUT2D eigenvalue weighted by molar-refractivity contribution is -0.156. The van der Waals surface area contributed by atoms with Crippen LogP contribution in [0.2, 0.25) is 0 Å². The summed E-state index contributed by atoms with van der Waals surface area (Å²) in [5.74, 6) is -1.23. The second kappa shape index (κ2) is 9.34. The number of alkyl carbamates (subject to hydrolysis) is 1. The summed E-state index contributed by atoms with van der Waals surface area (Å²) >= 11 is 0. The van der Waals surface area contributed by atoms with E-state index < -0.39 is 29.6 Å². The summed E-state index contributed by atoms with van der Waals surface area (Å²) in [6.07, 6.45) is 0.205. The number of carboxylic acid groups (broad SMARTS) is 1. The number of aliphatic carboxylic acids is 1. The average molecular weight is 479 g/mol. The van der Waals surface area contributed by atoms with Crippen molar-refractivity contribution in [1.29, 1.82) is 0 Å². The van der Waals surface area contributed by atoms with Crippen molar-refractivity contribution in [3.05, 3.63) is 59.7 Å². The lowest BCUT2D eigenvalue weighted by Gasteiger charge is -2.39. The highest BCUT2D eigenvalue weighted by Crippen LogP contribution is 2.44. The fraction of sp³-hybridized carbons (Fsp3) is 0.444. The van der Waals surface area contributed by atoms with Crippen molar-refractivity contribution in [1.82, 2.24) is 10.2 Å².